The van der Waals surface area contributed by atoms with Gasteiger partial charge in [-0.25, -0.2) is 14.4 Å². The van der Waals surface area contributed by atoms with Gasteiger partial charge < -0.3 is 5.73 Å². The Morgan fingerprint density at radius 2 is 2.17 bits per heavy atom. The van der Waals surface area contributed by atoms with Gasteiger partial charge >= 0.3 is 0 Å². The lowest BCUT2D eigenvalue weighted by Gasteiger charge is -2.04. The maximum absolute atomic E-state index is 13.4. The highest BCUT2D eigenvalue weighted by atomic mass is 32.1. The van der Waals surface area contributed by atoms with Crippen LogP contribution in [0.5, 0.6) is 0 Å². The summed E-state index contributed by atoms with van der Waals surface area (Å²) in [6.45, 7) is 1.56. The number of nitrogens with zero attached hydrogens (tertiary/aromatic N) is 3. The van der Waals surface area contributed by atoms with Crippen molar-refractivity contribution in [2.24, 2.45) is 0 Å². The molecule has 0 aliphatic carbocycles. The zero-order chi connectivity index (χ0) is 12.7. The van der Waals surface area contributed by atoms with E-state index < -0.39 is 5.82 Å². The number of hydrogen-bond donors (Lipinski definition) is 1. The van der Waals surface area contributed by atoms with Crippen molar-refractivity contribution in [1.29, 1.82) is 0 Å². The summed E-state index contributed by atoms with van der Waals surface area (Å²) in [7, 11) is 0. The molecular weight excluding hydrogens is 251 g/mol. The third-order valence-electron chi connectivity index (χ3n) is 2.60. The zero-order valence-electron chi connectivity index (χ0n) is 9.51. The lowest BCUT2D eigenvalue weighted by atomic mass is 10.2. The van der Waals surface area contributed by atoms with Crippen molar-refractivity contribution in [3.63, 3.8) is 0 Å². The molecule has 3 rings (SSSR count). The lowest BCUT2D eigenvalue weighted by molar-refractivity contribution is 0.608. The van der Waals surface area contributed by atoms with Crippen molar-refractivity contribution in [1.82, 2.24) is 15.0 Å². The van der Waals surface area contributed by atoms with Crippen LogP contribution in [0.25, 0.3) is 21.6 Å². The van der Waals surface area contributed by atoms with Crippen LogP contribution in [0.4, 0.5) is 10.2 Å². The molecule has 0 spiro atoms. The average Bonchev–Trinajstić information content (AvgIpc) is 2.82. The summed E-state index contributed by atoms with van der Waals surface area (Å²) in [5.41, 5.74) is 7.41. The van der Waals surface area contributed by atoms with Gasteiger partial charge in [0.05, 0.1) is 15.9 Å². The smallest absolute Gasteiger partial charge is 0.186 e. The van der Waals surface area contributed by atoms with E-state index >= 15 is 0 Å². The van der Waals surface area contributed by atoms with Crippen LogP contribution in [0.1, 0.15) is 5.69 Å². The van der Waals surface area contributed by atoms with Crippen LogP contribution in [-0.4, -0.2) is 15.0 Å². The summed E-state index contributed by atoms with van der Waals surface area (Å²) in [6, 6.07) is 3.87. The van der Waals surface area contributed by atoms with Crippen molar-refractivity contribution < 1.29 is 4.39 Å². The van der Waals surface area contributed by atoms with Crippen molar-refractivity contribution in [2.75, 3.05) is 5.73 Å². The molecule has 90 valence electrons. The van der Waals surface area contributed by atoms with Crippen LogP contribution < -0.4 is 5.73 Å². The molecule has 3 heterocycles. The number of nitrogen functional groups attached to an aromatic ring is 1. The predicted octanol–water partition coefficient (Wildman–Crippen LogP) is 2.78. The first-order chi connectivity index (χ1) is 8.65. The molecule has 0 radical (unpaired) electrons. The van der Waals surface area contributed by atoms with E-state index in [0.29, 0.717) is 5.82 Å². The molecule has 0 saturated carbocycles. The third kappa shape index (κ3) is 1.70. The molecule has 0 aliphatic rings. The van der Waals surface area contributed by atoms with Crippen LogP contribution >= 0.6 is 11.3 Å². The van der Waals surface area contributed by atoms with Crippen molar-refractivity contribution >= 4 is 27.4 Å². The Morgan fingerprint density at radius 1 is 1.33 bits per heavy atom. The quantitative estimate of drug-likeness (QED) is 0.730. The first-order valence-electron chi connectivity index (χ1n) is 5.28. The molecule has 3 aromatic heterocycles. The fourth-order valence-corrected chi connectivity index (χ4v) is 2.46. The minimum Gasteiger partial charge on any atom is -0.381 e. The molecule has 0 atom stereocenters. The van der Waals surface area contributed by atoms with Crippen LogP contribution in [0.2, 0.25) is 0 Å². The molecule has 0 amide bonds. The molecule has 6 heteroatoms. The maximum Gasteiger partial charge on any atom is 0.186 e. The van der Waals surface area contributed by atoms with Crippen LogP contribution in [0.15, 0.2) is 23.7 Å². The van der Waals surface area contributed by atoms with E-state index in [1.165, 1.54) is 0 Å². The van der Waals surface area contributed by atoms with E-state index in [1.54, 1.807) is 24.5 Å². The second-order valence-corrected chi connectivity index (χ2v) is 4.81. The summed E-state index contributed by atoms with van der Waals surface area (Å²) < 4.78 is 14.4. The Morgan fingerprint density at radius 3 is 2.94 bits per heavy atom. The molecule has 0 saturated heterocycles. The molecule has 3 aromatic rings. The van der Waals surface area contributed by atoms with Gasteiger partial charge in [-0.2, -0.15) is 0 Å². The summed E-state index contributed by atoms with van der Waals surface area (Å²) in [5.74, 6) is -0.304. The maximum atomic E-state index is 13.4. The zero-order valence-corrected chi connectivity index (χ0v) is 10.3. The summed E-state index contributed by atoms with van der Waals surface area (Å²) in [6.07, 6.45) is 1.67. The second-order valence-electron chi connectivity index (χ2n) is 3.86. The van der Waals surface area contributed by atoms with E-state index in [2.05, 4.69) is 15.0 Å². The van der Waals surface area contributed by atoms with Crippen molar-refractivity contribution in [2.45, 2.75) is 6.92 Å². The Balaban J connectivity index is 2.19. The molecule has 0 unspecified atom stereocenters. The van der Waals surface area contributed by atoms with Gasteiger partial charge in [0.1, 0.15) is 0 Å². The first kappa shape index (κ1) is 11.0. The molecule has 2 N–H and O–H groups in total. The van der Waals surface area contributed by atoms with E-state index in [-0.39, 0.29) is 11.5 Å². The molecule has 0 aromatic carbocycles. The lowest BCUT2D eigenvalue weighted by Crippen LogP contribution is -2.03. The number of aryl methyl sites for hydroxylation is 1. The van der Waals surface area contributed by atoms with Crippen molar-refractivity contribution in [3.8, 4) is 11.4 Å². The van der Waals surface area contributed by atoms with E-state index in [9.17, 15) is 4.39 Å². The van der Waals surface area contributed by atoms with Gasteiger partial charge in [-0.1, -0.05) is 0 Å². The van der Waals surface area contributed by atoms with E-state index in [4.69, 9.17) is 5.73 Å². The van der Waals surface area contributed by atoms with E-state index in [1.807, 2.05) is 17.5 Å². The molecule has 0 aliphatic heterocycles. The molecule has 0 bridgehead atoms. The second kappa shape index (κ2) is 3.99. The van der Waals surface area contributed by atoms with E-state index in [0.717, 1.165) is 15.8 Å². The SMILES string of the molecule is Cc1nc(-c2cnc3ccsc3c2)nc(N)c1F. The number of rotatable bonds is 1. The number of thiophene rings is 1. The van der Waals surface area contributed by atoms with Gasteiger partial charge in [0.25, 0.3) is 0 Å². The molecule has 4 nitrogen and oxygen atoms in total. The normalized spacial score (nSPS) is 11.0. The topological polar surface area (TPSA) is 64.7 Å². The summed E-state index contributed by atoms with van der Waals surface area (Å²) >= 11 is 1.58. The Bertz CT molecular complexity index is 715. The highest BCUT2D eigenvalue weighted by Gasteiger charge is 2.11. The Kier molecular flexibility index (Phi) is 2.45. The standard InChI is InChI=1S/C12H9FN4S/c1-6-10(13)11(14)17-12(16-6)7-4-9-8(15-5-7)2-3-18-9/h2-5H,1H3,(H2,14,16,17). The van der Waals surface area contributed by atoms with Gasteiger partial charge in [-0.05, 0) is 24.4 Å². The fourth-order valence-electron chi connectivity index (χ4n) is 1.68. The number of anilines is 1. The minimum atomic E-state index is -0.566. The van der Waals surface area contributed by atoms with Crippen LogP contribution in [0.3, 0.4) is 0 Å². The minimum absolute atomic E-state index is 0.135. The average molecular weight is 260 g/mol. The van der Waals surface area contributed by atoms with Crippen LogP contribution in [0, 0.1) is 12.7 Å². The van der Waals surface area contributed by atoms with Gasteiger partial charge in [0, 0.05) is 11.8 Å². The fraction of sp³-hybridized carbons (Fsp3) is 0.0833. The number of halogens is 1. The van der Waals surface area contributed by atoms with Gasteiger partial charge in [0.15, 0.2) is 17.5 Å². The monoisotopic (exact) mass is 260 g/mol. The predicted molar refractivity (Wildman–Crippen MR) is 69.8 cm³/mol. The molecule has 0 fully saturated rings. The van der Waals surface area contributed by atoms with Gasteiger partial charge in [-0.3, -0.25) is 4.98 Å². The van der Waals surface area contributed by atoms with Crippen LogP contribution in [-0.2, 0) is 0 Å². The largest absolute Gasteiger partial charge is 0.381 e. The third-order valence-corrected chi connectivity index (χ3v) is 3.46. The Labute approximate surface area is 106 Å². The highest BCUT2D eigenvalue weighted by Crippen LogP contribution is 2.25. The Hall–Kier alpha value is -2.08. The van der Waals surface area contributed by atoms with Crippen molar-refractivity contribution in [3.05, 3.63) is 35.2 Å². The summed E-state index contributed by atoms with van der Waals surface area (Å²) in [4.78, 5) is 12.3. The number of pyridine rings is 1. The number of fused-ring (bicyclic) bond motifs is 1. The number of nitrogens with two attached hydrogens (primary N) is 1. The molecule has 18 heavy (non-hydrogen) atoms. The highest BCUT2D eigenvalue weighted by molar-refractivity contribution is 7.17. The number of aromatic nitrogens is 3. The van der Waals surface area contributed by atoms with Gasteiger partial charge in [-0.15, -0.1) is 11.3 Å². The number of hydrogen-bond acceptors (Lipinski definition) is 5. The first-order valence-corrected chi connectivity index (χ1v) is 6.16. The molecular formula is C12H9FN4S. The summed E-state index contributed by atoms with van der Waals surface area (Å²) in [5, 5.41) is 1.96. The van der Waals surface area contributed by atoms with Gasteiger partial charge in [0.2, 0.25) is 0 Å².